The number of H-pyrrole nitrogens is 1. The van der Waals surface area contributed by atoms with Crippen molar-refractivity contribution >= 4 is 16.7 Å². The highest BCUT2D eigenvalue weighted by molar-refractivity contribution is 6.05. The van der Waals surface area contributed by atoms with Crippen molar-refractivity contribution in [2.75, 3.05) is 6.61 Å². The lowest BCUT2D eigenvalue weighted by Gasteiger charge is -2.11. The maximum atomic E-state index is 12.7. The maximum absolute atomic E-state index is 12.7. The molecule has 3 aromatic rings. The van der Waals surface area contributed by atoms with Gasteiger partial charge in [-0.1, -0.05) is 48.5 Å². The molecule has 4 rings (SSSR count). The number of benzene rings is 2. The summed E-state index contributed by atoms with van der Waals surface area (Å²) in [5.74, 6) is -0.172. The number of pyridine rings is 1. The summed E-state index contributed by atoms with van der Waals surface area (Å²) in [7, 11) is 0. The number of ether oxygens (including phenoxy) is 1. The van der Waals surface area contributed by atoms with Crippen LogP contribution in [0.15, 0.2) is 65.5 Å². The number of para-hydroxylation sites is 1. The molecule has 0 amide bonds. The average molecular weight is 291 g/mol. The Hall–Kier alpha value is -2.72. The average Bonchev–Trinajstić information content (AvgIpc) is 3.36. The van der Waals surface area contributed by atoms with Gasteiger partial charge in [-0.3, -0.25) is 9.59 Å². The van der Waals surface area contributed by atoms with Crippen LogP contribution < -0.4 is 5.56 Å². The van der Waals surface area contributed by atoms with Crippen molar-refractivity contribution in [2.24, 2.45) is 0 Å². The van der Waals surface area contributed by atoms with Gasteiger partial charge in [0, 0.05) is 11.1 Å². The smallest absolute Gasteiger partial charge is 0.255 e. The first-order chi connectivity index (χ1) is 10.7. The molecule has 1 atom stereocenters. The highest BCUT2D eigenvalue weighted by Gasteiger charge is 2.55. The van der Waals surface area contributed by atoms with Crippen LogP contribution in [-0.2, 0) is 10.3 Å². The Morgan fingerprint density at radius 2 is 1.73 bits per heavy atom. The Morgan fingerprint density at radius 3 is 2.45 bits per heavy atom. The molecule has 4 nitrogen and oxygen atoms in total. The second kappa shape index (κ2) is 4.64. The number of Topliss-reactive ketones (excluding diaryl/α,β-unsaturated/α-hetero) is 1. The number of hydrogen-bond donors (Lipinski definition) is 1. The molecule has 0 radical (unpaired) electrons. The van der Waals surface area contributed by atoms with Gasteiger partial charge in [-0.2, -0.15) is 0 Å². The van der Waals surface area contributed by atoms with Gasteiger partial charge in [0.25, 0.3) is 5.56 Å². The molecular formula is C18H13NO3. The van der Waals surface area contributed by atoms with E-state index < -0.39 is 5.60 Å². The van der Waals surface area contributed by atoms with Crippen LogP contribution in [0.2, 0.25) is 0 Å². The fourth-order valence-electron chi connectivity index (χ4n) is 2.75. The van der Waals surface area contributed by atoms with Gasteiger partial charge in [-0.25, -0.2) is 0 Å². The third kappa shape index (κ3) is 1.89. The number of fused-ring (bicyclic) bond motifs is 1. The largest absolute Gasteiger partial charge is 0.355 e. The van der Waals surface area contributed by atoms with Crippen LogP contribution in [0.25, 0.3) is 10.9 Å². The number of ketones is 1. The zero-order valence-electron chi connectivity index (χ0n) is 11.7. The summed E-state index contributed by atoms with van der Waals surface area (Å²) < 4.78 is 5.46. The molecule has 1 aromatic heterocycles. The van der Waals surface area contributed by atoms with E-state index in [9.17, 15) is 9.59 Å². The van der Waals surface area contributed by atoms with Gasteiger partial charge in [0.15, 0.2) is 5.60 Å². The minimum absolute atomic E-state index is 0.172. The molecule has 108 valence electrons. The minimum Gasteiger partial charge on any atom is -0.355 e. The van der Waals surface area contributed by atoms with E-state index in [4.69, 9.17) is 4.74 Å². The number of carbonyl (C=O) groups excluding carboxylic acids is 1. The highest BCUT2D eigenvalue weighted by atomic mass is 16.6. The zero-order valence-corrected chi connectivity index (χ0v) is 11.7. The summed E-state index contributed by atoms with van der Waals surface area (Å²) in [5, 5.41) is 0.882. The van der Waals surface area contributed by atoms with Crippen LogP contribution in [0.3, 0.4) is 0 Å². The summed E-state index contributed by atoms with van der Waals surface area (Å²) in [6.45, 7) is 0.238. The van der Waals surface area contributed by atoms with Gasteiger partial charge in [0.1, 0.15) is 0 Å². The fourth-order valence-corrected chi connectivity index (χ4v) is 2.75. The molecule has 1 unspecified atom stereocenters. The predicted molar refractivity (Wildman–Crippen MR) is 83.0 cm³/mol. The number of carbonyl (C=O) groups is 1. The van der Waals surface area contributed by atoms with Crippen LogP contribution in [0.5, 0.6) is 0 Å². The van der Waals surface area contributed by atoms with E-state index in [0.29, 0.717) is 11.1 Å². The van der Waals surface area contributed by atoms with Crippen molar-refractivity contribution < 1.29 is 9.53 Å². The molecule has 1 aliphatic heterocycles. The zero-order chi connectivity index (χ0) is 15.2. The molecule has 0 spiro atoms. The van der Waals surface area contributed by atoms with Gasteiger partial charge in [-0.05, 0) is 17.5 Å². The molecule has 22 heavy (non-hydrogen) atoms. The number of hydrogen-bond acceptors (Lipinski definition) is 3. The van der Waals surface area contributed by atoms with Crippen LogP contribution in [0.1, 0.15) is 15.9 Å². The van der Waals surface area contributed by atoms with E-state index >= 15 is 0 Å². The van der Waals surface area contributed by atoms with Crippen molar-refractivity contribution in [1.29, 1.82) is 0 Å². The molecule has 1 N–H and O–H groups in total. The van der Waals surface area contributed by atoms with Crippen LogP contribution in [-0.4, -0.2) is 17.4 Å². The van der Waals surface area contributed by atoms with Crippen LogP contribution in [0, 0.1) is 0 Å². The predicted octanol–water partition coefficient (Wildman–Crippen LogP) is 2.64. The topological polar surface area (TPSA) is 62.5 Å². The number of aromatic amines is 1. The van der Waals surface area contributed by atoms with Gasteiger partial charge >= 0.3 is 0 Å². The van der Waals surface area contributed by atoms with E-state index in [1.165, 1.54) is 0 Å². The number of rotatable bonds is 3. The van der Waals surface area contributed by atoms with Crippen molar-refractivity contribution in [1.82, 2.24) is 4.98 Å². The summed E-state index contributed by atoms with van der Waals surface area (Å²) in [5.41, 5.74) is 0.256. The van der Waals surface area contributed by atoms with Crippen molar-refractivity contribution in [3.63, 3.8) is 0 Å². The van der Waals surface area contributed by atoms with Gasteiger partial charge < -0.3 is 9.72 Å². The first-order valence-corrected chi connectivity index (χ1v) is 7.07. The fraction of sp³-hybridized carbons (Fsp3) is 0.111. The highest BCUT2D eigenvalue weighted by Crippen LogP contribution is 2.40. The third-order valence-electron chi connectivity index (χ3n) is 4.02. The molecule has 4 heteroatoms. The van der Waals surface area contributed by atoms with Crippen LogP contribution >= 0.6 is 0 Å². The summed E-state index contributed by atoms with van der Waals surface area (Å²) in [6, 6.07) is 18.2. The Labute approximate surface area is 126 Å². The van der Waals surface area contributed by atoms with E-state index in [-0.39, 0.29) is 17.9 Å². The number of epoxide rings is 1. The van der Waals surface area contributed by atoms with E-state index in [1.807, 2.05) is 30.3 Å². The molecule has 2 heterocycles. The Bertz CT molecular complexity index is 924. The van der Waals surface area contributed by atoms with Crippen LogP contribution in [0.4, 0.5) is 0 Å². The molecule has 1 fully saturated rings. The maximum Gasteiger partial charge on any atom is 0.255 e. The van der Waals surface area contributed by atoms with Crippen molar-refractivity contribution in [3.05, 3.63) is 82.1 Å². The summed E-state index contributed by atoms with van der Waals surface area (Å²) in [4.78, 5) is 27.9. The normalized spacial score (nSPS) is 20.0. The molecule has 0 bridgehead atoms. The molecule has 2 aromatic carbocycles. The minimum atomic E-state index is -1.14. The van der Waals surface area contributed by atoms with E-state index in [2.05, 4.69) is 4.98 Å². The van der Waals surface area contributed by atoms with Gasteiger partial charge in [-0.15, -0.1) is 0 Å². The lowest BCUT2D eigenvalue weighted by Crippen LogP contribution is -2.29. The quantitative estimate of drug-likeness (QED) is 0.596. The Morgan fingerprint density at radius 1 is 1.05 bits per heavy atom. The number of aromatic nitrogens is 1. The standard InChI is InChI=1S/C18H13NO3/c20-16(12-6-2-1-3-7-12)18(11-22-18)14-10-13-8-4-5-9-15(13)19-17(14)21/h1-10H,11H2,(H,19,21). The van der Waals surface area contributed by atoms with E-state index in [0.717, 1.165) is 10.9 Å². The molecule has 1 aliphatic rings. The molecule has 0 saturated carbocycles. The van der Waals surface area contributed by atoms with E-state index in [1.54, 1.807) is 30.3 Å². The first-order valence-electron chi connectivity index (χ1n) is 7.07. The number of nitrogens with one attached hydrogen (secondary N) is 1. The Kier molecular flexibility index (Phi) is 2.74. The second-order valence-electron chi connectivity index (χ2n) is 5.41. The summed E-state index contributed by atoms with van der Waals surface area (Å²) >= 11 is 0. The third-order valence-corrected chi connectivity index (χ3v) is 4.02. The Balaban J connectivity index is 1.86. The summed E-state index contributed by atoms with van der Waals surface area (Å²) in [6.07, 6.45) is 0. The molecular weight excluding hydrogens is 278 g/mol. The lowest BCUT2D eigenvalue weighted by molar-refractivity contribution is 0.0869. The SMILES string of the molecule is O=C(c1ccccc1)C1(c2cc3ccccc3[nH]c2=O)CO1. The van der Waals surface area contributed by atoms with Crippen molar-refractivity contribution in [3.8, 4) is 0 Å². The van der Waals surface area contributed by atoms with Gasteiger partial charge in [0.05, 0.1) is 12.2 Å². The monoisotopic (exact) mass is 291 g/mol. The first kappa shape index (κ1) is 13.0. The second-order valence-corrected chi connectivity index (χ2v) is 5.41. The van der Waals surface area contributed by atoms with Gasteiger partial charge in [0.2, 0.25) is 5.78 Å². The molecule has 0 aliphatic carbocycles. The molecule has 1 saturated heterocycles. The van der Waals surface area contributed by atoms with Crippen molar-refractivity contribution in [2.45, 2.75) is 5.60 Å². The lowest BCUT2D eigenvalue weighted by atomic mass is 9.91.